The molecule has 1 aliphatic rings. The number of rotatable bonds is 2. The summed E-state index contributed by atoms with van der Waals surface area (Å²) in [6, 6.07) is 3.50. The maximum Gasteiger partial charge on any atom is 0.141 e. The lowest BCUT2D eigenvalue weighted by Crippen LogP contribution is -2.54. The first-order valence-corrected chi connectivity index (χ1v) is 5.45. The molecule has 2 rings (SSSR count). The maximum atomic E-state index is 12.7. The SMILES string of the molecule is CCC1(C)C(N)CC1c1ccc(F)cn1. The number of pyridine rings is 1. The summed E-state index contributed by atoms with van der Waals surface area (Å²) in [6.07, 6.45) is 3.29. The van der Waals surface area contributed by atoms with Crippen molar-refractivity contribution in [3.63, 3.8) is 0 Å². The Labute approximate surface area is 89.7 Å². The molecule has 1 aromatic heterocycles. The second-order valence-electron chi connectivity index (χ2n) is 4.66. The van der Waals surface area contributed by atoms with Crippen molar-refractivity contribution in [3.05, 3.63) is 29.8 Å². The van der Waals surface area contributed by atoms with Crippen molar-refractivity contribution in [2.75, 3.05) is 0 Å². The molecule has 82 valence electrons. The van der Waals surface area contributed by atoms with Gasteiger partial charge in [-0.2, -0.15) is 0 Å². The average molecular weight is 208 g/mol. The Morgan fingerprint density at radius 1 is 1.60 bits per heavy atom. The van der Waals surface area contributed by atoms with E-state index in [9.17, 15) is 4.39 Å². The lowest BCUT2D eigenvalue weighted by molar-refractivity contribution is 0.0678. The van der Waals surface area contributed by atoms with Crippen LogP contribution in [0.2, 0.25) is 0 Å². The molecule has 2 nitrogen and oxygen atoms in total. The summed E-state index contributed by atoms with van der Waals surface area (Å²) in [4.78, 5) is 4.15. The zero-order valence-corrected chi connectivity index (χ0v) is 9.20. The molecular weight excluding hydrogens is 191 g/mol. The van der Waals surface area contributed by atoms with Crippen LogP contribution >= 0.6 is 0 Å². The second-order valence-corrected chi connectivity index (χ2v) is 4.66. The molecule has 0 spiro atoms. The van der Waals surface area contributed by atoms with E-state index < -0.39 is 0 Å². The highest BCUT2D eigenvalue weighted by molar-refractivity contribution is 5.21. The van der Waals surface area contributed by atoms with E-state index in [0.29, 0.717) is 5.92 Å². The third-order valence-electron chi connectivity index (χ3n) is 4.00. The van der Waals surface area contributed by atoms with Gasteiger partial charge in [0.1, 0.15) is 5.82 Å². The van der Waals surface area contributed by atoms with Gasteiger partial charge in [-0.3, -0.25) is 4.98 Å². The van der Waals surface area contributed by atoms with Gasteiger partial charge in [0.05, 0.1) is 6.20 Å². The monoisotopic (exact) mass is 208 g/mol. The zero-order valence-electron chi connectivity index (χ0n) is 9.20. The molecule has 0 aliphatic heterocycles. The quantitative estimate of drug-likeness (QED) is 0.810. The van der Waals surface area contributed by atoms with Gasteiger partial charge >= 0.3 is 0 Å². The minimum Gasteiger partial charge on any atom is -0.327 e. The Bertz CT molecular complexity index is 349. The van der Waals surface area contributed by atoms with E-state index in [0.717, 1.165) is 18.5 Å². The van der Waals surface area contributed by atoms with Crippen molar-refractivity contribution < 1.29 is 4.39 Å². The van der Waals surface area contributed by atoms with Gasteiger partial charge in [-0.1, -0.05) is 13.8 Å². The van der Waals surface area contributed by atoms with Crippen molar-refractivity contribution in [2.24, 2.45) is 11.1 Å². The van der Waals surface area contributed by atoms with E-state index in [1.54, 1.807) is 6.07 Å². The molecule has 0 aromatic carbocycles. The van der Waals surface area contributed by atoms with Gasteiger partial charge in [0.25, 0.3) is 0 Å². The topological polar surface area (TPSA) is 38.9 Å². The number of hydrogen-bond donors (Lipinski definition) is 1. The standard InChI is InChI=1S/C12H17FN2/c1-3-12(2)9(6-11(12)14)10-5-4-8(13)7-15-10/h4-5,7,9,11H,3,6,14H2,1-2H3. The summed E-state index contributed by atoms with van der Waals surface area (Å²) in [6.45, 7) is 4.34. The van der Waals surface area contributed by atoms with Crippen LogP contribution in [0.5, 0.6) is 0 Å². The molecule has 2 N–H and O–H groups in total. The summed E-state index contributed by atoms with van der Waals surface area (Å²) in [5.41, 5.74) is 7.13. The van der Waals surface area contributed by atoms with Crippen LogP contribution in [0.4, 0.5) is 4.39 Å². The average Bonchev–Trinajstić information content (AvgIpc) is 2.26. The molecular formula is C12H17FN2. The molecule has 15 heavy (non-hydrogen) atoms. The Hall–Kier alpha value is -0.960. The molecule has 1 saturated carbocycles. The molecule has 1 fully saturated rings. The molecule has 0 radical (unpaired) electrons. The minimum atomic E-state index is -0.277. The van der Waals surface area contributed by atoms with Crippen LogP contribution in [0.1, 0.15) is 38.3 Å². The molecule has 3 heteroatoms. The van der Waals surface area contributed by atoms with Crippen molar-refractivity contribution >= 4 is 0 Å². The Morgan fingerprint density at radius 2 is 2.33 bits per heavy atom. The van der Waals surface area contributed by atoms with E-state index in [2.05, 4.69) is 18.8 Å². The van der Waals surface area contributed by atoms with E-state index in [1.807, 2.05) is 0 Å². The fraction of sp³-hybridized carbons (Fsp3) is 0.583. The minimum absolute atomic E-state index is 0.130. The molecule has 3 atom stereocenters. The Morgan fingerprint density at radius 3 is 2.80 bits per heavy atom. The van der Waals surface area contributed by atoms with Crippen molar-refractivity contribution in [2.45, 2.75) is 38.6 Å². The van der Waals surface area contributed by atoms with Gasteiger partial charge in [0, 0.05) is 17.7 Å². The molecule has 3 unspecified atom stereocenters. The van der Waals surface area contributed by atoms with Crippen molar-refractivity contribution in [1.82, 2.24) is 4.98 Å². The third-order valence-corrected chi connectivity index (χ3v) is 4.00. The fourth-order valence-corrected chi connectivity index (χ4v) is 2.45. The molecule has 1 aliphatic carbocycles. The van der Waals surface area contributed by atoms with Gasteiger partial charge < -0.3 is 5.73 Å². The van der Waals surface area contributed by atoms with E-state index in [1.165, 1.54) is 12.3 Å². The number of aromatic nitrogens is 1. The smallest absolute Gasteiger partial charge is 0.141 e. The zero-order chi connectivity index (χ0) is 11.1. The third kappa shape index (κ3) is 1.55. The number of nitrogens with two attached hydrogens (primary N) is 1. The second kappa shape index (κ2) is 3.56. The van der Waals surface area contributed by atoms with E-state index in [4.69, 9.17) is 5.73 Å². The molecule has 1 aromatic rings. The van der Waals surface area contributed by atoms with Crippen molar-refractivity contribution in [1.29, 1.82) is 0 Å². The number of nitrogens with zero attached hydrogens (tertiary/aromatic N) is 1. The lowest BCUT2D eigenvalue weighted by Gasteiger charge is -2.52. The van der Waals surface area contributed by atoms with Crippen LogP contribution in [0.15, 0.2) is 18.3 Å². The van der Waals surface area contributed by atoms with Crippen LogP contribution in [-0.4, -0.2) is 11.0 Å². The molecule has 0 amide bonds. The molecule has 0 saturated heterocycles. The van der Waals surface area contributed by atoms with Crippen LogP contribution < -0.4 is 5.73 Å². The number of hydrogen-bond acceptors (Lipinski definition) is 2. The van der Waals surface area contributed by atoms with Crippen LogP contribution in [0.3, 0.4) is 0 Å². The summed E-state index contributed by atoms with van der Waals surface area (Å²) >= 11 is 0. The van der Waals surface area contributed by atoms with Crippen LogP contribution in [0.25, 0.3) is 0 Å². The van der Waals surface area contributed by atoms with E-state index in [-0.39, 0.29) is 17.3 Å². The van der Waals surface area contributed by atoms with Gasteiger partial charge in [-0.25, -0.2) is 4.39 Å². The summed E-state index contributed by atoms with van der Waals surface area (Å²) < 4.78 is 12.7. The predicted molar refractivity (Wildman–Crippen MR) is 57.9 cm³/mol. The fourth-order valence-electron chi connectivity index (χ4n) is 2.45. The highest BCUT2D eigenvalue weighted by atomic mass is 19.1. The first-order chi connectivity index (χ1) is 7.08. The Balaban J connectivity index is 2.23. The summed E-state index contributed by atoms with van der Waals surface area (Å²) in [7, 11) is 0. The van der Waals surface area contributed by atoms with Crippen LogP contribution in [0, 0.1) is 11.2 Å². The predicted octanol–water partition coefficient (Wildman–Crippen LogP) is 2.45. The normalized spacial score (nSPS) is 34.9. The van der Waals surface area contributed by atoms with Crippen LogP contribution in [-0.2, 0) is 0 Å². The Kier molecular flexibility index (Phi) is 2.51. The van der Waals surface area contributed by atoms with E-state index >= 15 is 0 Å². The summed E-state index contributed by atoms with van der Waals surface area (Å²) in [5.74, 6) is 0.110. The first kappa shape index (κ1) is 10.6. The molecule has 1 heterocycles. The van der Waals surface area contributed by atoms with Gasteiger partial charge in [0.15, 0.2) is 0 Å². The highest BCUT2D eigenvalue weighted by Crippen LogP contribution is 2.53. The first-order valence-electron chi connectivity index (χ1n) is 5.45. The largest absolute Gasteiger partial charge is 0.327 e. The van der Waals surface area contributed by atoms with Gasteiger partial charge in [-0.15, -0.1) is 0 Å². The van der Waals surface area contributed by atoms with Gasteiger partial charge in [-0.05, 0) is 30.4 Å². The highest BCUT2D eigenvalue weighted by Gasteiger charge is 2.49. The molecule has 0 bridgehead atoms. The van der Waals surface area contributed by atoms with Gasteiger partial charge in [0.2, 0.25) is 0 Å². The summed E-state index contributed by atoms with van der Waals surface area (Å²) in [5, 5.41) is 0. The number of halogens is 1. The maximum absolute atomic E-state index is 12.7. The lowest BCUT2D eigenvalue weighted by atomic mass is 9.55. The van der Waals surface area contributed by atoms with Crippen molar-refractivity contribution in [3.8, 4) is 0 Å².